The molecule has 5 rings (SSSR count). The van der Waals surface area contributed by atoms with Crippen LogP contribution in [0.25, 0.3) is 0 Å². The molecular formula is C41H54N4O7. The molecule has 2 aromatic carbocycles. The zero-order valence-electron chi connectivity index (χ0n) is 31.0. The first kappa shape index (κ1) is 38.7. The van der Waals surface area contributed by atoms with Crippen LogP contribution in [0.1, 0.15) is 64.5 Å². The second-order valence-corrected chi connectivity index (χ2v) is 13.9. The van der Waals surface area contributed by atoms with Crippen molar-refractivity contribution in [2.45, 2.75) is 82.8 Å². The number of nitrogens with zero attached hydrogens (tertiary/aromatic N) is 4. The highest BCUT2D eigenvalue weighted by atomic mass is 16.6. The Kier molecular flexibility index (Phi) is 12.6. The van der Waals surface area contributed by atoms with E-state index in [1.807, 2.05) is 61.5 Å². The number of likely N-dealkylation sites (tertiary alicyclic amines) is 1. The van der Waals surface area contributed by atoms with E-state index in [1.54, 1.807) is 29.0 Å². The SMILES string of the molecule is C=CCCC(=O)N(C)[C@H](C)[C@H](OC(=O)[C@@H]1[C@@H]2CC[C@]3(O2)[C@H](C(=O)N(CC=C)c2ccc(N(CC)CC)cc2)N(CCCO)C(=O)[C@@H]13)c1ccccc1. The molecule has 3 saturated heterocycles. The lowest BCUT2D eigenvalue weighted by Crippen LogP contribution is -2.56. The number of aliphatic hydroxyl groups excluding tert-OH is 1. The van der Waals surface area contributed by atoms with Crippen molar-refractivity contribution in [2.75, 3.05) is 49.6 Å². The summed E-state index contributed by atoms with van der Waals surface area (Å²) >= 11 is 0. The van der Waals surface area contributed by atoms with Gasteiger partial charge in [0.1, 0.15) is 17.7 Å². The number of carbonyl (C=O) groups is 4. The van der Waals surface area contributed by atoms with Crippen molar-refractivity contribution >= 4 is 35.1 Å². The number of hydrogen-bond acceptors (Lipinski definition) is 8. The number of anilines is 2. The minimum absolute atomic E-state index is 0.106. The minimum atomic E-state index is -1.25. The number of hydrogen-bond donors (Lipinski definition) is 1. The summed E-state index contributed by atoms with van der Waals surface area (Å²) in [5.74, 6) is -3.27. The van der Waals surface area contributed by atoms with Gasteiger partial charge in [-0.05, 0) is 76.3 Å². The summed E-state index contributed by atoms with van der Waals surface area (Å²) in [6.07, 6.45) is 3.87. The lowest BCUT2D eigenvalue weighted by Gasteiger charge is -2.37. The zero-order chi connectivity index (χ0) is 37.6. The fourth-order valence-electron chi connectivity index (χ4n) is 8.34. The Hall–Kier alpha value is -4.48. The van der Waals surface area contributed by atoms with Crippen LogP contribution in [-0.2, 0) is 28.7 Å². The molecule has 3 aliphatic heterocycles. The van der Waals surface area contributed by atoms with Crippen LogP contribution in [0, 0.1) is 11.8 Å². The van der Waals surface area contributed by atoms with E-state index in [9.17, 15) is 24.3 Å². The molecule has 0 unspecified atom stereocenters. The fourth-order valence-corrected chi connectivity index (χ4v) is 8.34. The van der Waals surface area contributed by atoms with Gasteiger partial charge in [0.25, 0.3) is 5.91 Å². The van der Waals surface area contributed by atoms with E-state index in [0.717, 1.165) is 18.8 Å². The molecular weight excluding hydrogens is 660 g/mol. The lowest BCUT2D eigenvalue weighted by molar-refractivity contribution is -0.164. The average molecular weight is 715 g/mol. The van der Waals surface area contributed by atoms with Crippen LogP contribution in [0.15, 0.2) is 79.9 Å². The number of esters is 1. The third kappa shape index (κ3) is 7.25. The van der Waals surface area contributed by atoms with E-state index in [-0.39, 0.29) is 50.3 Å². The first-order valence-electron chi connectivity index (χ1n) is 18.6. The van der Waals surface area contributed by atoms with Gasteiger partial charge in [-0.25, -0.2) is 0 Å². The molecule has 11 heteroatoms. The monoisotopic (exact) mass is 714 g/mol. The highest BCUT2D eigenvalue weighted by molar-refractivity contribution is 6.04. The van der Waals surface area contributed by atoms with E-state index >= 15 is 0 Å². The number of rotatable bonds is 18. The maximum absolute atomic E-state index is 14.8. The standard InChI is InChI=1S/C41H54N4O7/c1-7-11-18-33(47)42(6)28(5)36(29-16-13-12-14-17-29)51-40(50)34-32-23-24-41(52-32)35(34)38(48)45(26-15-27-46)37(41)39(49)44(25-8-2)31-21-19-30(20-22-31)43(9-3)10-4/h7-8,12-14,16-17,19-22,28,32,34-37,46H,1-2,9-11,15,18,23-27H2,3-6H3/t28-,32+,34-,35-,36+,37+,41-/m1/s1. The number of allylic oxidation sites excluding steroid dienone is 1. The molecule has 0 aliphatic carbocycles. The molecule has 280 valence electrons. The van der Waals surface area contributed by atoms with Crippen LogP contribution in [-0.4, -0.2) is 102 Å². The van der Waals surface area contributed by atoms with Gasteiger partial charge < -0.3 is 34.2 Å². The number of amides is 3. The van der Waals surface area contributed by atoms with Gasteiger partial charge in [0.2, 0.25) is 11.8 Å². The second-order valence-electron chi connectivity index (χ2n) is 13.9. The average Bonchev–Trinajstić information content (AvgIpc) is 3.81. The Morgan fingerprint density at radius 3 is 2.35 bits per heavy atom. The molecule has 3 amide bonds. The van der Waals surface area contributed by atoms with Crippen molar-refractivity contribution in [3.8, 4) is 0 Å². The van der Waals surface area contributed by atoms with Crippen molar-refractivity contribution in [1.29, 1.82) is 0 Å². The van der Waals surface area contributed by atoms with Gasteiger partial charge in [-0.1, -0.05) is 42.5 Å². The lowest BCUT2D eigenvalue weighted by atomic mass is 9.70. The summed E-state index contributed by atoms with van der Waals surface area (Å²) in [6, 6.07) is 15.5. The summed E-state index contributed by atoms with van der Waals surface area (Å²) in [7, 11) is 1.69. The van der Waals surface area contributed by atoms with Gasteiger partial charge in [0.05, 0.1) is 24.0 Å². The molecule has 2 aromatic rings. The Morgan fingerprint density at radius 1 is 1.06 bits per heavy atom. The number of likely N-dealkylation sites (N-methyl/N-ethyl adjacent to an activating group) is 1. The predicted octanol–water partition coefficient (Wildman–Crippen LogP) is 4.91. The van der Waals surface area contributed by atoms with Crippen molar-refractivity contribution in [1.82, 2.24) is 9.80 Å². The third-order valence-corrected chi connectivity index (χ3v) is 11.1. The summed E-state index contributed by atoms with van der Waals surface area (Å²) in [5.41, 5.74) is 1.16. The maximum atomic E-state index is 14.8. The Bertz CT molecular complexity index is 1600. The summed E-state index contributed by atoms with van der Waals surface area (Å²) in [5, 5.41) is 9.80. The molecule has 2 bridgehead atoms. The first-order valence-corrected chi connectivity index (χ1v) is 18.6. The molecule has 3 fully saturated rings. The van der Waals surface area contributed by atoms with Crippen molar-refractivity contribution in [3.63, 3.8) is 0 Å². The topological polar surface area (TPSA) is 120 Å². The van der Waals surface area contributed by atoms with E-state index in [0.29, 0.717) is 30.5 Å². The molecule has 0 aromatic heterocycles. The van der Waals surface area contributed by atoms with Crippen LogP contribution in [0.2, 0.25) is 0 Å². The van der Waals surface area contributed by atoms with Crippen LogP contribution < -0.4 is 9.80 Å². The van der Waals surface area contributed by atoms with Gasteiger partial charge in [-0.3, -0.25) is 19.2 Å². The van der Waals surface area contributed by atoms with Gasteiger partial charge in [0.15, 0.2) is 0 Å². The Balaban J connectivity index is 1.47. The fraction of sp³-hybridized carbons (Fsp3) is 0.512. The number of aliphatic hydroxyl groups is 1. The van der Waals surface area contributed by atoms with Crippen LogP contribution >= 0.6 is 0 Å². The van der Waals surface area contributed by atoms with Crippen molar-refractivity contribution in [2.24, 2.45) is 11.8 Å². The maximum Gasteiger partial charge on any atom is 0.313 e. The van der Waals surface area contributed by atoms with E-state index in [1.165, 1.54) is 4.90 Å². The van der Waals surface area contributed by atoms with E-state index < -0.39 is 47.7 Å². The second kappa shape index (κ2) is 16.9. The molecule has 1 spiro atoms. The van der Waals surface area contributed by atoms with Gasteiger partial charge in [-0.2, -0.15) is 0 Å². The van der Waals surface area contributed by atoms with E-state index in [2.05, 4.69) is 31.9 Å². The van der Waals surface area contributed by atoms with Crippen LogP contribution in [0.3, 0.4) is 0 Å². The third-order valence-electron chi connectivity index (χ3n) is 11.1. The molecule has 3 aliphatic rings. The van der Waals surface area contributed by atoms with Gasteiger partial charge in [-0.15, -0.1) is 13.2 Å². The zero-order valence-corrected chi connectivity index (χ0v) is 31.0. The molecule has 52 heavy (non-hydrogen) atoms. The highest BCUT2D eigenvalue weighted by Crippen LogP contribution is 2.59. The smallest absolute Gasteiger partial charge is 0.313 e. The Morgan fingerprint density at radius 2 is 1.73 bits per heavy atom. The molecule has 3 heterocycles. The van der Waals surface area contributed by atoms with Crippen LogP contribution in [0.4, 0.5) is 11.4 Å². The molecule has 0 saturated carbocycles. The van der Waals surface area contributed by atoms with E-state index in [4.69, 9.17) is 9.47 Å². The van der Waals surface area contributed by atoms with Gasteiger partial charge in [0, 0.05) is 57.6 Å². The predicted molar refractivity (Wildman–Crippen MR) is 201 cm³/mol. The summed E-state index contributed by atoms with van der Waals surface area (Å²) in [6.45, 7) is 15.5. The number of ether oxygens (including phenoxy) is 2. The summed E-state index contributed by atoms with van der Waals surface area (Å²) in [4.78, 5) is 63.7. The van der Waals surface area contributed by atoms with Crippen LogP contribution in [0.5, 0.6) is 0 Å². The first-order chi connectivity index (χ1) is 25.1. The minimum Gasteiger partial charge on any atom is -0.455 e. The number of fused-ring (bicyclic) bond motifs is 1. The summed E-state index contributed by atoms with van der Waals surface area (Å²) < 4.78 is 13.0. The van der Waals surface area contributed by atoms with Crippen molar-refractivity contribution < 1.29 is 33.8 Å². The quantitative estimate of drug-likeness (QED) is 0.171. The van der Waals surface area contributed by atoms with Gasteiger partial charge >= 0.3 is 5.97 Å². The normalized spacial score (nSPS) is 24.2. The molecule has 11 nitrogen and oxygen atoms in total. The largest absolute Gasteiger partial charge is 0.455 e. The van der Waals surface area contributed by atoms with Crippen molar-refractivity contribution in [3.05, 3.63) is 85.5 Å². The highest BCUT2D eigenvalue weighted by Gasteiger charge is 2.75. The Labute approximate surface area is 307 Å². The number of carbonyl (C=O) groups excluding carboxylic acids is 4. The number of benzene rings is 2. The molecule has 0 radical (unpaired) electrons. The molecule has 7 atom stereocenters. The molecule has 1 N–H and O–H groups in total.